The van der Waals surface area contributed by atoms with Crippen molar-refractivity contribution in [2.45, 2.75) is 13.3 Å². The molecule has 0 fully saturated rings. The molecular weight excluding hydrogens is 162 g/mol. The van der Waals surface area contributed by atoms with Crippen LogP contribution in [0, 0.1) is 0 Å². The zero-order valence-electron chi connectivity index (χ0n) is 6.65. The van der Waals surface area contributed by atoms with E-state index < -0.39 is 0 Å². The van der Waals surface area contributed by atoms with Crippen molar-refractivity contribution < 1.29 is 4.74 Å². The van der Waals surface area contributed by atoms with Crippen molar-refractivity contribution >= 4 is 24.5 Å². The molecule has 5 heteroatoms. The number of hydrogen-bond donors (Lipinski definition) is 0. The van der Waals surface area contributed by atoms with Crippen LogP contribution in [0.25, 0.3) is 0 Å². The monoisotopic (exact) mass is 173 g/mol. The number of hydrogen-bond acceptors (Lipinski definition) is 5. The lowest BCUT2D eigenvalue weighted by Crippen LogP contribution is -2.18. The molecule has 1 aliphatic rings. The van der Waals surface area contributed by atoms with E-state index in [4.69, 9.17) is 4.74 Å². The fraction of sp³-hybridized carbons (Fsp3) is 0.667. The molecule has 0 atom stereocenters. The number of rotatable bonds is 2. The van der Waals surface area contributed by atoms with Gasteiger partial charge in [0.25, 0.3) is 0 Å². The third-order valence-electron chi connectivity index (χ3n) is 1.15. The molecule has 0 bridgehead atoms. The van der Waals surface area contributed by atoms with Crippen molar-refractivity contribution in [3.05, 3.63) is 0 Å². The summed E-state index contributed by atoms with van der Waals surface area (Å²) in [6.07, 6.45) is 2.83. The van der Waals surface area contributed by atoms with E-state index in [9.17, 15) is 0 Å². The highest BCUT2D eigenvalue weighted by Crippen LogP contribution is 2.13. The molecule has 0 unspecified atom stereocenters. The molecule has 1 aliphatic heterocycles. The van der Waals surface area contributed by atoms with Gasteiger partial charge in [-0.25, -0.2) is 0 Å². The Balaban J connectivity index is 2.37. The molecule has 0 saturated heterocycles. The third-order valence-corrected chi connectivity index (χ3v) is 1.87. The fourth-order valence-corrected chi connectivity index (χ4v) is 1.30. The van der Waals surface area contributed by atoms with E-state index in [2.05, 4.69) is 16.3 Å². The molecule has 0 radical (unpaired) electrons. The van der Waals surface area contributed by atoms with Crippen LogP contribution in [0.1, 0.15) is 13.3 Å². The normalized spacial score (nSPS) is 16.5. The van der Waals surface area contributed by atoms with Gasteiger partial charge in [0, 0.05) is 6.54 Å². The molecular formula is C6H11N3OS. The van der Waals surface area contributed by atoms with Gasteiger partial charge >= 0.3 is 6.02 Å². The lowest BCUT2D eigenvalue weighted by Gasteiger charge is -2.16. The van der Waals surface area contributed by atoms with Crippen LogP contribution >= 0.6 is 12.1 Å². The van der Waals surface area contributed by atoms with Gasteiger partial charge in [-0.3, -0.25) is 4.31 Å². The average molecular weight is 173 g/mol. The summed E-state index contributed by atoms with van der Waals surface area (Å²) < 4.78 is 10.8. The third kappa shape index (κ3) is 2.42. The molecule has 0 saturated carbocycles. The van der Waals surface area contributed by atoms with Crippen molar-refractivity contribution in [2.24, 2.45) is 9.39 Å². The number of amidine groups is 1. The van der Waals surface area contributed by atoms with Gasteiger partial charge in [0.05, 0.1) is 19.2 Å². The first-order valence-corrected chi connectivity index (χ1v) is 4.19. The second-order valence-electron chi connectivity index (χ2n) is 2.04. The number of nitrogens with zero attached hydrogens (tertiary/aromatic N) is 3. The predicted octanol–water partition coefficient (Wildman–Crippen LogP) is 1.31. The first-order chi connectivity index (χ1) is 5.36. The Kier molecular flexibility index (Phi) is 3.22. The average Bonchev–Trinajstić information content (AvgIpc) is 2.07. The second-order valence-corrected chi connectivity index (χ2v) is 2.86. The Morgan fingerprint density at radius 1 is 1.73 bits per heavy atom. The van der Waals surface area contributed by atoms with Crippen molar-refractivity contribution in [1.29, 1.82) is 0 Å². The fourth-order valence-electron chi connectivity index (χ4n) is 0.655. The van der Waals surface area contributed by atoms with Crippen molar-refractivity contribution in [3.63, 3.8) is 0 Å². The summed E-state index contributed by atoms with van der Waals surface area (Å²) in [5, 5.41) is 0. The number of methoxy groups -OCH3 is 1. The first kappa shape index (κ1) is 8.39. The molecule has 0 aliphatic carbocycles. The van der Waals surface area contributed by atoms with Gasteiger partial charge in [0.1, 0.15) is 6.34 Å². The highest BCUT2D eigenvalue weighted by Gasteiger charge is 2.06. The van der Waals surface area contributed by atoms with Crippen LogP contribution in [0.2, 0.25) is 0 Å². The van der Waals surface area contributed by atoms with Crippen LogP contribution in [0.4, 0.5) is 0 Å². The summed E-state index contributed by atoms with van der Waals surface area (Å²) in [7, 11) is 1.56. The lowest BCUT2D eigenvalue weighted by molar-refractivity contribution is 0.397. The largest absolute Gasteiger partial charge is 0.466 e. The van der Waals surface area contributed by atoms with Crippen LogP contribution in [0.3, 0.4) is 0 Å². The SMILES string of the molecule is CCCN1C=NC(OC)=NS1. The molecule has 0 amide bonds. The maximum atomic E-state index is 4.82. The highest BCUT2D eigenvalue weighted by molar-refractivity contribution is 7.96. The Morgan fingerprint density at radius 3 is 3.00 bits per heavy atom. The van der Waals surface area contributed by atoms with Gasteiger partial charge in [-0.2, -0.15) is 4.99 Å². The van der Waals surface area contributed by atoms with Gasteiger partial charge in [0.15, 0.2) is 0 Å². The van der Waals surface area contributed by atoms with Gasteiger partial charge in [-0.05, 0) is 6.42 Å². The van der Waals surface area contributed by atoms with E-state index in [1.54, 1.807) is 13.4 Å². The molecule has 0 N–H and O–H groups in total. The smallest absolute Gasteiger partial charge is 0.326 e. The quantitative estimate of drug-likeness (QED) is 0.591. The van der Waals surface area contributed by atoms with E-state index in [1.807, 2.05) is 4.31 Å². The van der Waals surface area contributed by atoms with Gasteiger partial charge in [-0.15, -0.1) is 4.40 Å². The van der Waals surface area contributed by atoms with Crippen LogP contribution in [0.5, 0.6) is 0 Å². The molecule has 0 aromatic heterocycles. The van der Waals surface area contributed by atoms with E-state index >= 15 is 0 Å². The second kappa shape index (κ2) is 4.23. The minimum absolute atomic E-state index is 0.433. The minimum atomic E-state index is 0.433. The summed E-state index contributed by atoms with van der Waals surface area (Å²) in [5.74, 6) is 0. The van der Waals surface area contributed by atoms with Gasteiger partial charge in [-0.1, -0.05) is 6.92 Å². The number of ether oxygens (including phenoxy) is 1. The molecule has 4 nitrogen and oxygen atoms in total. The molecule has 0 spiro atoms. The molecule has 1 heterocycles. The lowest BCUT2D eigenvalue weighted by atomic mass is 10.5. The van der Waals surface area contributed by atoms with Crippen molar-refractivity contribution in [3.8, 4) is 0 Å². The zero-order chi connectivity index (χ0) is 8.10. The Hall–Kier alpha value is -0.710. The standard InChI is InChI=1S/C6H11N3OS/c1-3-4-9-5-7-6(10-2)8-11-9/h5H,3-4H2,1-2H3. The van der Waals surface area contributed by atoms with E-state index in [-0.39, 0.29) is 0 Å². The van der Waals surface area contributed by atoms with Crippen molar-refractivity contribution in [2.75, 3.05) is 13.7 Å². The van der Waals surface area contributed by atoms with Crippen LogP contribution in [-0.2, 0) is 4.74 Å². The van der Waals surface area contributed by atoms with Crippen molar-refractivity contribution in [1.82, 2.24) is 4.31 Å². The van der Waals surface area contributed by atoms with Gasteiger partial charge < -0.3 is 4.74 Å². The Labute approximate surface area is 70.6 Å². The summed E-state index contributed by atoms with van der Waals surface area (Å²) in [6.45, 7) is 3.08. The van der Waals surface area contributed by atoms with Crippen LogP contribution < -0.4 is 0 Å². The van der Waals surface area contributed by atoms with E-state index in [0.29, 0.717) is 6.02 Å². The minimum Gasteiger partial charge on any atom is -0.466 e. The Bertz CT molecular complexity index is 181. The van der Waals surface area contributed by atoms with Gasteiger partial charge in [0.2, 0.25) is 0 Å². The summed E-state index contributed by atoms with van der Waals surface area (Å²) in [4.78, 5) is 3.96. The molecule has 11 heavy (non-hydrogen) atoms. The topological polar surface area (TPSA) is 37.2 Å². The predicted molar refractivity (Wildman–Crippen MR) is 47.5 cm³/mol. The highest BCUT2D eigenvalue weighted by atomic mass is 32.2. The first-order valence-electron chi connectivity index (χ1n) is 3.46. The maximum absolute atomic E-state index is 4.82. The van der Waals surface area contributed by atoms with E-state index in [0.717, 1.165) is 13.0 Å². The Morgan fingerprint density at radius 2 is 2.55 bits per heavy atom. The molecule has 0 aromatic carbocycles. The maximum Gasteiger partial charge on any atom is 0.326 e. The number of aliphatic imine (C=N–C) groups is 1. The zero-order valence-corrected chi connectivity index (χ0v) is 7.47. The summed E-state index contributed by atoms with van der Waals surface area (Å²) in [5.41, 5.74) is 0. The van der Waals surface area contributed by atoms with Crippen LogP contribution in [-0.4, -0.2) is 30.3 Å². The summed E-state index contributed by atoms with van der Waals surface area (Å²) >= 11 is 1.37. The summed E-state index contributed by atoms with van der Waals surface area (Å²) in [6, 6.07) is 0.433. The molecule has 1 rings (SSSR count). The van der Waals surface area contributed by atoms with Crippen LogP contribution in [0.15, 0.2) is 9.39 Å². The van der Waals surface area contributed by atoms with E-state index in [1.165, 1.54) is 12.1 Å². The molecule has 62 valence electrons. The molecule has 0 aromatic rings.